The summed E-state index contributed by atoms with van der Waals surface area (Å²) in [5.74, 6) is 0.820. The molecule has 4 heteroatoms. The third kappa shape index (κ3) is 1.40. The molecule has 92 valence electrons. The van der Waals surface area contributed by atoms with E-state index in [1.807, 2.05) is 29.8 Å². The van der Waals surface area contributed by atoms with Gasteiger partial charge in [-0.2, -0.15) is 0 Å². The van der Waals surface area contributed by atoms with E-state index in [2.05, 4.69) is 29.4 Å². The Bertz CT molecular complexity index is 875. The second-order valence-corrected chi connectivity index (χ2v) is 4.53. The predicted octanol–water partition coefficient (Wildman–Crippen LogP) is 3.38. The number of hydrogen-bond acceptors (Lipinski definition) is 3. The number of hydrogen-bond donors (Lipinski definition) is 0. The van der Waals surface area contributed by atoms with Gasteiger partial charge in [-0.1, -0.05) is 35.5 Å². The fourth-order valence-corrected chi connectivity index (χ4v) is 2.48. The van der Waals surface area contributed by atoms with E-state index in [0.717, 1.165) is 27.9 Å². The van der Waals surface area contributed by atoms with Gasteiger partial charge in [0.05, 0.1) is 11.0 Å². The van der Waals surface area contributed by atoms with E-state index in [1.165, 1.54) is 5.39 Å². The van der Waals surface area contributed by atoms with E-state index in [4.69, 9.17) is 9.51 Å². The number of nitrogens with zero attached hydrogens (tertiary/aromatic N) is 3. The van der Waals surface area contributed by atoms with Gasteiger partial charge >= 0.3 is 0 Å². The molecular formula is C15H11N3O. The molecule has 2 heterocycles. The smallest absolute Gasteiger partial charge is 0.163 e. The first kappa shape index (κ1) is 10.3. The zero-order valence-electron chi connectivity index (χ0n) is 10.4. The molecule has 2 aromatic carbocycles. The van der Waals surface area contributed by atoms with E-state index >= 15 is 0 Å². The highest BCUT2D eigenvalue weighted by Crippen LogP contribution is 2.28. The van der Waals surface area contributed by atoms with Crippen LogP contribution in [-0.4, -0.2) is 14.7 Å². The van der Waals surface area contributed by atoms with Crippen molar-refractivity contribution in [1.82, 2.24) is 14.7 Å². The van der Waals surface area contributed by atoms with Gasteiger partial charge in [0, 0.05) is 18.5 Å². The lowest BCUT2D eigenvalue weighted by molar-refractivity contribution is 0.421. The molecule has 0 aliphatic carbocycles. The Morgan fingerprint density at radius 3 is 2.79 bits per heavy atom. The van der Waals surface area contributed by atoms with Crippen molar-refractivity contribution in [2.24, 2.45) is 7.05 Å². The third-order valence-corrected chi connectivity index (χ3v) is 3.44. The normalized spacial score (nSPS) is 11.4. The topological polar surface area (TPSA) is 43.9 Å². The van der Waals surface area contributed by atoms with Crippen molar-refractivity contribution in [3.05, 3.63) is 48.7 Å². The lowest BCUT2D eigenvalue weighted by Crippen LogP contribution is -1.92. The molecule has 0 saturated heterocycles. The van der Waals surface area contributed by atoms with Gasteiger partial charge in [-0.25, -0.2) is 4.98 Å². The van der Waals surface area contributed by atoms with Gasteiger partial charge in [-0.05, 0) is 11.5 Å². The lowest BCUT2D eigenvalue weighted by atomic mass is 10.1. The summed E-state index contributed by atoms with van der Waals surface area (Å²) in [5.41, 5.74) is 2.85. The van der Waals surface area contributed by atoms with E-state index < -0.39 is 0 Å². The number of aryl methyl sites for hydroxylation is 1. The fourth-order valence-electron chi connectivity index (χ4n) is 2.48. The monoisotopic (exact) mass is 249 g/mol. The van der Waals surface area contributed by atoms with Crippen molar-refractivity contribution in [3.63, 3.8) is 0 Å². The molecule has 0 amide bonds. The van der Waals surface area contributed by atoms with Crippen LogP contribution in [0.5, 0.6) is 0 Å². The summed E-state index contributed by atoms with van der Waals surface area (Å²) in [7, 11) is 1.99. The Hall–Kier alpha value is -2.62. The molecule has 0 aliphatic rings. The Kier molecular flexibility index (Phi) is 2.00. The summed E-state index contributed by atoms with van der Waals surface area (Å²) in [4.78, 5) is 4.72. The maximum absolute atomic E-state index is 4.90. The zero-order chi connectivity index (χ0) is 12.8. The quantitative estimate of drug-likeness (QED) is 0.519. The first-order valence-corrected chi connectivity index (χ1v) is 6.09. The molecule has 0 spiro atoms. The molecular weight excluding hydrogens is 238 g/mol. The van der Waals surface area contributed by atoms with Crippen molar-refractivity contribution in [2.75, 3.05) is 0 Å². The number of imidazole rings is 1. The summed E-state index contributed by atoms with van der Waals surface area (Å²) in [6.45, 7) is 0. The summed E-state index contributed by atoms with van der Waals surface area (Å²) < 4.78 is 6.95. The molecule has 0 aliphatic heterocycles. The Morgan fingerprint density at radius 1 is 1.05 bits per heavy atom. The van der Waals surface area contributed by atoms with E-state index in [1.54, 1.807) is 6.26 Å². The van der Waals surface area contributed by atoms with Gasteiger partial charge in [-0.15, -0.1) is 0 Å². The molecule has 0 atom stereocenters. The Balaban J connectivity index is 2.14. The van der Waals surface area contributed by atoms with Crippen LogP contribution in [-0.2, 0) is 7.05 Å². The van der Waals surface area contributed by atoms with E-state index in [-0.39, 0.29) is 0 Å². The number of fused-ring (bicyclic) bond motifs is 3. The minimum absolute atomic E-state index is 0.753. The van der Waals surface area contributed by atoms with Crippen molar-refractivity contribution in [2.45, 2.75) is 0 Å². The van der Waals surface area contributed by atoms with Crippen LogP contribution >= 0.6 is 0 Å². The molecule has 19 heavy (non-hydrogen) atoms. The second-order valence-electron chi connectivity index (χ2n) is 4.53. The molecule has 2 aromatic heterocycles. The van der Waals surface area contributed by atoms with Gasteiger partial charge in [-0.3, -0.25) is 0 Å². The van der Waals surface area contributed by atoms with Crippen LogP contribution in [0.25, 0.3) is 33.3 Å². The van der Waals surface area contributed by atoms with Crippen LogP contribution < -0.4 is 0 Å². The summed E-state index contributed by atoms with van der Waals surface area (Å²) in [6.07, 6.45) is 1.56. The molecule has 4 aromatic rings. The average molecular weight is 249 g/mol. The van der Waals surface area contributed by atoms with Crippen LogP contribution in [0.4, 0.5) is 0 Å². The van der Waals surface area contributed by atoms with Crippen LogP contribution in [0.2, 0.25) is 0 Å². The van der Waals surface area contributed by atoms with Crippen LogP contribution in [0.1, 0.15) is 0 Å². The van der Waals surface area contributed by atoms with E-state index in [9.17, 15) is 0 Å². The maximum atomic E-state index is 4.90. The van der Waals surface area contributed by atoms with Gasteiger partial charge in [0.15, 0.2) is 5.82 Å². The number of aromatic nitrogens is 3. The first-order valence-electron chi connectivity index (χ1n) is 6.09. The Labute approximate surface area is 109 Å². The van der Waals surface area contributed by atoms with Crippen molar-refractivity contribution in [3.8, 4) is 11.5 Å². The van der Waals surface area contributed by atoms with Crippen molar-refractivity contribution >= 4 is 21.8 Å². The highest BCUT2D eigenvalue weighted by Gasteiger charge is 2.13. The van der Waals surface area contributed by atoms with Crippen LogP contribution in [0, 0.1) is 0 Å². The summed E-state index contributed by atoms with van der Waals surface area (Å²) >= 11 is 0. The molecule has 0 saturated carbocycles. The molecule has 4 rings (SSSR count). The summed E-state index contributed by atoms with van der Waals surface area (Å²) in [5, 5.41) is 6.32. The second kappa shape index (κ2) is 3.68. The van der Waals surface area contributed by atoms with Crippen LogP contribution in [0.15, 0.2) is 53.3 Å². The minimum Gasteiger partial charge on any atom is -0.364 e. The van der Waals surface area contributed by atoms with Crippen molar-refractivity contribution in [1.29, 1.82) is 0 Å². The largest absolute Gasteiger partial charge is 0.364 e. The lowest BCUT2D eigenvalue weighted by Gasteiger charge is -1.99. The Morgan fingerprint density at radius 2 is 1.95 bits per heavy atom. The fraction of sp³-hybridized carbons (Fsp3) is 0.0667. The molecule has 0 bridgehead atoms. The van der Waals surface area contributed by atoms with Gasteiger partial charge in [0.2, 0.25) is 0 Å². The molecule has 0 radical (unpaired) electrons. The molecule has 0 fully saturated rings. The standard InChI is InChI=1S/C15H11N3O/c1-18-13-7-6-10-4-2-3-5-11(10)14(13)16-15(18)12-8-9-19-17-12/h2-9H,1H3. The summed E-state index contributed by atoms with van der Waals surface area (Å²) in [6, 6.07) is 14.3. The molecule has 0 unspecified atom stereocenters. The number of rotatable bonds is 1. The van der Waals surface area contributed by atoms with E-state index in [0.29, 0.717) is 0 Å². The molecule has 4 nitrogen and oxygen atoms in total. The van der Waals surface area contributed by atoms with Crippen molar-refractivity contribution < 1.29 is 4.52 Å². The van der Waals surface area contributed by atoms with Gasteiger partial charge < -0.3 is 9.09 Å². The SMILES string of the molecule is Cn1c(-c2ccon2)nc2c3ccccc3ccc21. The molecule has 0 N–H and O–H groups in total. The number of benzene rings is 2. The highest BCUT2D eigenvalue weighted by atomic mass is 16.5. The average Bonchev–Trinajstić information content (AvgIpc) is 3.07. The van der Waals surface area contributed by atoms with Crippen LogP contribution in [0.3, 0.4) is 0 Å². The minimum atomic E-state index is 0.753. The van der Waals surface area contributed by atoms with Gasteiger partial charge in [0.25, 0.3) is 0 Å². The first-order chi connectivity index (χ1) is 9.34. The third-order valence-electron chi connectivity index (χ3n) is 3.44. The maximum Gasteiger partial charge on any atom is 0.163 e. The van der Waals surface area contributed by atoms with Gasteiger partial charge in [0.1, 0.15) is 12.0 Å². The zero-order valence-corrected chi connectivity index (χ0v) is 10.4. The predicted molar refractivity (Wildman–Crippen MR) is 73.7 cm³/mol. The highest BCUT2D eigenvalue weighted by molar-refractivity contribution is 6.05.